The van der Waals surface area contributed by atoms with Crippen LogP contribution in [-0.2, 0) is 4.74 Å². The molecule has 9 heteroatoms. The van der Waals surface area contributed by atoms with Crippen molar-refractivity contribution in [2.24, 2.45) is 0 Å². The molecule has 1 N–H and O–H groups in total. The fourth-order valence-corrected chi connectivity index (χ4v) is 2.83. The number of methoxy groups -OCH3 is 1. The molecule has 0 fully saturated rings. The fourth-order valence-electron chi connectivity index (χ4n) is 2.57. The average molecular weight is 383 g/mol. The lowest BCUT2D eigenvalue weighted by Gasteiger charge is -2.17. The Hall–Kier alpha value is -2.45. The highest BCUT2D eigenvalue weighted by atomic mass is 35.5. The van der Waals surface area contributed by atoms with E-state index in [0.29, 0.717) is 12.3 Å². The standard InChI is InChI=1S/C17H20ClFN4O3/c1-10(9-26-4)21-17-16(23(24)25)11(5-6-20-17)12-7-14(19)15(22(2)3)8-13(12)18/h5-8,10H,9H2,1-4H3,(H,20,21). The summed E-state index contributed by atoms with van der Waals surface area (Å²) in [5.74, 6) is -0.451. The predicted molar refractivity (Wildman–Crippen MR) is 101 cm³/mol. The Morgan fingerprint density at radius 1 is 1.42 bits per heavy atom. The second-order valence-electron chi connectivity index (χ2n) is 5.99. The number of nitrogens with one attached hydrogen (secondary N) is 1. The first-order valence-electron chi connectivity index (χ1n) is 7.81. The van der Waals surface area contributed by atoms with E-state index in [-0.39, 0.29) is 33.7 Å². The lowest BCUT2D eigenvalue weighted by molar-refractivity contribution is -0.383. The maximum atomic E-state index is 14.4. The van der Waals surface area contributed by atoms with Crippen LogP contribution in [0.4, 0.5) is 21.6 Å². The van der Waals surface area contributed by atoms with Crippen LogP contribution >= 0.6 is 11.6 Å². The highest BCUT2D eigenvalue weighted by Gasteiger charge is 2.25. The zero-order chi connectivity index (χ0) is 19.4. The third-order valence-corrected chi connectivity index (χ3v) is 4.03. The van der Waals surface area contributed by atoms with Crippen molar-refractivity contribution in [2.75, 3.05) is 38.0 Å². The van der Waals surface area contributed by atoms with Crippen molar-refractivity contribution in [3.05, 3.63) is 45.4 Å². The summed E-state index contributed by atoms with van der Waals surface area (Å²) in [6, 6.07) is 3.88. The van der Waals surface area contributed by atoms with E-state index in [1.165, 1.54) is 31.5 Å². The fraction of sp³-hybridized carbons (Fsp3) is 0.353. The van der Waals surface area contributed by atoms with Crippen LogP contribution in [0.15, 0.2) is 24.4 Å². The normalized spacial score (nSPS) is 11.9. The first-order valence-corrected chi connectivity index (χ1v) is 8.19. The molecule has 0 saturated heterocycles. The second-order valence-corrected chi connectivity index (χ2v) is 6.40. The zero-order valence-corrected chi connectivity index (χ0v) is 15.7. The molecule has 2 aromatic rings. The van der Waals surface area contributed by atoms with E-state index >= 15 is 0 Å². The van der Waals surface area contributed by atoms with Crippen molar-refractivity contribution in [3.8, 4) is 11.1 Å². The number of benzene rings is 1. The number of aromatic nitrogens is 1. The van der Waals surface area contributed by atoms with Gasteiger partial charge >= 0.3 is 5.69 Å². The van der Waals surface area contributed by atoms with Crippen molar-refractivity contribution in [3.63, 3.8) is 0 Å². The minimum absolute atomic E-state index is 0.0743. The third kappa shape index (κ3) is 4.20. The quantitative estimate of drug-likeness (QED) is 0.576. The number of nitrogens with zero attached hydrogens (tertiary/aromatic N) is 3. The molecule has 0 amide bonds. The number of pyridine rings is 1. The van der Waals surface area contributed by atoms with Gasteiger partial charge < -0.3 is 15.0 Å². The molecule has 0 aliphatic rings. The maximum Gasteiger partial charge on any atom is 0.319 e. The van der Waals surface area contributed by atoms with Crippen LogP contribution in [0.25, 0.3) is 11.1 Å². The summed E-state index contributed by atoms with van der Waals surface area (Å²) in [5.41, 5.74) is 0.439. The van der Waals surface area contributed by atoms with Crippen molar-refractivity contribution < 1.29 is 14.1 Å². The molecule has 0 aliphatic carbocycles. The summed E-state index contributed by atoms with van der Waals surface area (Å²) in [5, 5.41) is 14.8. The second kappa shape index (κ2) is 8.29. The molecule has 26 heavy (non-hydrogen) atoms. The van der Waals surface area contributed by atoms with Crippen LogP contribution in [0, 0.1) is 15.9 Å². The molecular formula is C17H20ClFN4O3. The molecular weight excluding hydrogens is 363 g/mol. The zero-order valence-electron chi connectivity index (χ0n) is 14.9. The van der Waals surface area contributed by atoms with E-state index in [2.05, 4.69) is 10.3 Å². The monoisotopic (exact) mass is 382 g/mol. The Morgan fingerprint density at radius 3 is 2.69 bits per heavy atom. The predicted octanol–water partition coefficient (Wildman–Crippen LogP) is 3.96. The average Bonchev–Trinajstić information content (AvgIpc) is 2.56. The summed E-state index contributed by atoms with van der Waals surface area (Å²) in [6.07, 6.45) is 1.41. The molecule has 0 bridgehead atoms. The van der Waals surface area contributed by atoms with Crippen LogP contribution in [0.5, 0.6) is 0 Å². The van der Waals surface area contributed by atoms with Gasteiger partial charge in [-0.2, -0.15) is 0 Å². The van der Waals surface area contributed by atoms with Gasteiger partial charge in [-0.1, -0.05) is 11.6 Å². The molecule has 0 aliphatic heterocycles. The number of anilines is 2. The van der Waals surface area contributed by atoms with Crippen molar-refractivity contribution >= 4 is 28.8 Å². The topological polar surface area (TPSA) is 80.5 Å². The van der Waals surface area contributed by atoms with Crippen LogP contribution in [0.1, 0.15) is 6.92 Å². The molecule has 0 saturated carbocycles. The third-order valence-electron chi connectivity index (χ3n) is 3.72. The van der Waals surface area contributed by atoms with Gasteiger partial charge in [-0.05, 0) is 25.1 Å². The largest absolute Gasteiger partial charge is 0.383 e. The molecule has 0 spiro atoms. The molecule has 140 valence electrons. The van der Waals surface area contributed by atoms with Crippen LogP contribution in [-0.4, -0.2) is 43.8 Å². The Kier molecular flexibility index (Phi) is 6.33. The molecule has 1 heterocycles. The Morgan fingerprint density at radius 2 is 2.12 bits per heavy atom. The van der Waals surface area contributed by atoms with Crippen molar-refractivity contribution in [1.29, 1.82) is 0 Å². The molecule has 1 aromatic carbocycles. The number of hydrogen-bond acceptors (Lipinski definition) is 6. The van der Waals surface area contributed by atoms with E-state index in [9.17, 15) is 14.5 Å². The van der Waals surface area contributed by atoms with Gasteiger partial charge in [0.25, 0.3) is 0 Å². The molecule has 0 radical (unpaired) electrons. The van der Waals surface area contributed by atoms with E-state index in [0.717, 1.165) is 0 Å². The minimum Gasteiger partial charge on any atom is -0.383 e. The number of nitro groups is 1. The molecule has 7 nitrogen and oxygen atoms in total. The molecule has 1 atom stereocenters. The highest BCUT2D eigenvalue weighted by molar-refractivity contribution is 6.33. The first kappa shape index (κ1) is 19.9. The smallest absolute Gasteiger partial charge is 0.319 e. The first-order chi connectivity index (χ1) is 12.3. The van der Waals surface area contributed by atoms with Crippen molar-refractivity contribution in [2.45, 2.75) is 13.0 Å². The van der Waals surface area contributed by atoms with E-state index in [1.807, 2.05) is 0 Å². The number of halogens is 2. The summed E-state index contributed by atoms with van der Waals surface area (Å²) in [4.78, 5) is 16.7. The van der Waals surface area contributed by atoms with E-state index in [4.69, 9.17) is 16.3 Å². The highest BCUT2D eigenvalue weighted by Crippen LogP contribution is 2.40. The molecule has 1 unspecified atom stereocenters. The lowest BCUT2D eigenvalue weighted by Crippen LogP contribution is -2.22. The van der Waals surface area contributed by atoms with Gasteiger partial charge in [0.2, 0.25) is 5.82 Å². The van der Waals surface area contributed by atoms with Gasteiger partial charge in [0.1, 0.15) is 5.82 Å². The number of rotatable bonds is 7. The molecule has 2 rings (SSSR count). The van der Waals surface area contributed by atoms with Gasteiger partial charge in [-0.3, -0.25) is 10.1 Å². The van der Waals surface area contributed by atoms with Crippen LogP contribution in [0.2, 0.25) is 5.02 Å². The van der Waals surface area contributed by atoms with Gasteiger partial charge in [0.05, 0.1) is 27.8 Å². The molecule has 1 aromatic heterocycles. The minimum atomic E-state index is -0.557. The number of hydrogen-bond donors (Lipinski definition) is 1. The number of ether oxygens (including phenoxy) is 1. The van der Waals surface area contributed by atoms with E-state index < -0.39 is 10.7 Å². The SMILES string of the molecule is COCC(C)Nc1nccc(-c2cc(F)c(N(C)C)cc2Cl)c1[N+](=O)[O-]. The van der Waals surface area contributed by atoms with Gasteiger partial charge in [-0.25, -0.2) is 9.37 Å². The summed E-state index contributed by atoms with van der Waals surface area (Å²) in [7, 11) is 4.90. The maximum absolute atomic E-state index is 14.4. The van der Waals surface area contributed by atoms with Gasteiger partial charge in [-0.15, -0.1) is 0 Å². The summed E-state index contributed by atoms with van der Waals surface area (Å²) >= 11 is 6.29. The van der Waals surface area contributed by atoms with Crippen LogP contribution < -0.4 is 10.2 Å². The lowest BCUT2D eigenvalue weighted by atomic mass is 10.0. The Bertz CT molecular complexity index is 817. The Labute approximate surface area is 155 Å². The van der Waals surface area contributed by atoms with Crippen molar-refractivity contribution in [1.82, 2.24) is 4.98 Å². The van der Waals surface area contributed by atoms with Gasteiger partial charge in [0, 0.05) is 39.0 Å². The van der Waals surface area contributed by atoms with Gasteiger partial charge in [0.15, 0.2) is 0 Å². The van der Waals surface area contributed by atoms with E-state index in [1.54, 1.807) is 25.9 Å². The Balaban J connectivity index is 2.60. The van der Waals surface area contributed by atoms with Crippen LogP contribution in [0.3, 0.4) is 0 Å². The summed E-state index contributed by atoms with van der Waals surface area (Å²) < 4.78 is 19.4. The summed E-state index contributed by atoms with van der Waals surface area (Å²) in [6.45, 7) is 2.15.